The van der Waals surface area contributed by atoms with Crippen LogP contribution in [0.2, 0.25) is 4.34 Å². The highest BCUT2D eigenvalue weighted by Gasteiger charge is 2.24. The van der Waals surface area contributed by atoms with Crippen LogP contribution in [0.15, 0.2) is 66.9 Å². The monoisotopic (exact) mass is 586 g/mol. The number of methoxy groups -OCH3 is 1. The van der Waals surface area contributed by atoms with Crippen molar-refractivity contribution >= 4 is 58.2 Å². The number of carbonyl (C=O) groups excluding carboxylic acids is 3. The predicted octanol–water partition coefficient (Wildman–Crippen LogP) is 5.67. The third-order valence-electron chi connectivity index (χ3n) is 5.61. The minimum absolute atomic E-state index is 0.0615. The number of hydrogen-bond acceptors (Lipinski definition) is 7. The van der Waals surface area contributed by atoms with E-state index in [1.54, 1.807) is 23.0 Å². The first-order valence-electron chi connectivity index (χ1n) is 11.7. The Bertz CT molecular complexity index is 1490. The normalized spacial score (nSPS) is 11.6. The fourth-order valence-corrected chi connectivity index (χ4v) is 5.25. The zero-order valence-corrected chi connectivity index (χ0v) is 23.3. The lowest BCUT2D eigenvalue weighted by Crippen LogP contribution is -2.42. The number of carbonyl (C=O) groups is 3. The maximum absolute atomic E-state index is 14.5. The molecule has 0 spiro atoms. The van der Waals surface area contributed by atoms with Crippen LogP contribution >= 0.6 is 34.7 Å². The topological polar surface area (TPSA) is 102 Å². The quantitative estimate of drug-likeness (QED) is 0.232. The lowest BCUT2D eigenvalue weighted by atomic mass is 10.1. The molecule has 12 heteroatoms. The number of halogens is 2. The Morgan fingerprint density at radius 3 is 2.56 bits per heavy atom. The maximum atomic E-state index is 14.5. The predicted molar refractivity (Wildman–Crippen MR) is 153 cm³/mol. The molecule has 4 rings (SSSR count). The summed E-state index contributed by atoms with van der Waals surface area (Å²) >= 11 is 8.91. The van der Waals surface area contributed by atoms with Crippen LogP contribution in [0.25, 0.3) is 16.3 Å². The van der Waals surface area contributed by atoms with Crippen molar-refractivity contribution in [3.05, 3.63) is 88.1 Å². The summed E-state index contributed by atoms with van der Waals surface area (Å²) in [6.45, 7) is 0. The average molecular weight is 587 g/mol. The van der Waals surface area contributed by atoms with Gasteiger partial charge in [-0.3, -0.25) is 9.59 Å². The Morgan fingerprint density at radius 1 is 1.13 bits per heavy atom. The summed E-state index contributed by atoms with van der Waals surface area (Å²) in [6.07, 6.45) is 3.80. The Kier molecular flexibility index (Phi) is 9.39. The van der Waals surface area contributed by atoms with Crippen LogP contribution < -0.4 is 10.6 Å². The number of ether oxygens (including phenoxy) is 1. The van der Waals surface area contributed by atoms with Gasteiger partial charge in [-0.1, -0.05) is 29.8 Å². The van der Waals surface area contributed by atoms with E-state index < -0.39 is 29.6 Å². The second kappa shape index (κ2) is 12.9. The van der Waals surface area contributed by atoms with Crippen molar-refractivity contribution in [2.75, 3.05) is 24.4 Å². The van der Waals surface area contributed by atoms with E-state index in [1.807, 2.05) is 36.6 Å². The van der Waals surface area contributed by atoms with Gasteiger partial charge in [0, 0.05) is 17.4 Å². The maximum Gasteiger partial charge on any atom is 0.328 e. The van der Waals surface area contributed by atoms with Crippen molar-refractivity contribution in [1.29, 1.82) is 0 Å². The standard InChI is InChI=1S/C27H24ClFN4O4S2/c1-37-27(36)21(10-11-38-2)31-25(34)16-12-17(29)14-18(13-16)30-26(35)20-15-33(19-6-4-3-5-7-19)32-24(20)22-8-9-23(28)39-22/h3-9,12-15,21H,10-11H2,1-2H3,(H,30,35)(H,31,34)/t21-/m0/s1. The SMILES string of the molecule is COC(=O)[C@H](CCSC)NC(=O)c1cc(F)cc(NC(=O)c2cn(-c3ccccc3)nc2-c2ccc(Cl)s2)c1. The number of amides is 2. The van der Waals surface area contributed by atoms with Crippen molar-refractivity contribution in [1.82, 2.24) is 15.1 Å². The number of hydrogen-bond donors (Lipinski definition) is 2. The van der Waals surface area contributed by atoms with Crippen LogP contribution in [-0.2, 0) is 9.53 Å². The molecule has 0 aliphatic rings. The Morgan fingerprint density at radius 2 is 1.90 bits per heavy atom. The molecular formula is C27H24ClFN4O4S2. The molecule has 8 nitrogen and oxygen atoms in total. The third-order valence-corrected chi connectivity index (χ3v) is 7.49. The molecule has 2 heterocycles. The molecule has 39 heavy (non-hydrogen) atoms. The first-order chi connectivity index (χ1) is 18.8. The van der Waals surface area contributed by atoms with Gasteiger partial charge in [-0.15, -0.1) is 11.3 Å². The first kappa shape index (κ1) is 28.3. The Balaban J connectivity index is 1.61. The molecule has 0 aliphatic heterocycles. The number of nitrogens with one attached hydrogen (secondary N) is 2. The molecule has 0 aliphatic carbocycles. The third kappa shape index (κ3) is 7.05. The summed E-state index contributed by atoms with van der Waals surface area (Å²) in [7, 11) is 1.23. The number of esters is 1. The number of rotatable bonds is 10. The summed E-state index contributed by atoms with van der Waals surface area (Å²) in [4.78, 5) is 39.0. The molecule has 0 fully saturated rings. The van der Waals surface area contributed by atoms with Gasteiger partial charge in [0.1, 0.15) is 17.6 Å². The molecule has 2 N–H and O–H groups in total. The van der Waals surface area contributed by atoms with E-state index in [4.69, 9.17) is 16.3 Å². The van der Waals surface area contributed by atoms with Gasteiger partial charge in [-0.2, -0.15) is 16.9 Å². The fraction of sp³-hybridized carbons (Fsp3) is 0.185. The van der Waals surface area contributed by atoms with E-state index in [2.05, 4.69) is 15.7 Å². The highest BCUT2D eigenvalue weighted by atomic mass is 35.5. The number of anilines is 1. The number of aromatic nitrogens is 2. The molecule has 0 saturated carbocycles. The van der Waals surface area contributed by atoms with Gasteiger partial charge in [0.15, 0.2) is 0 Å². The molecule has 0 radical (unpaired) electrons. The molecule has 0 unspecified atom stereocenters. The second-order valence-corrected chi connectivity index (χ2v) is 11.0. The van der Waals surface area contributed by atoms with Crippen molar-refractivity contribution in [3.63, 3.8) is 0 Å². The summed E-state index contributed by atoms with van der Waals surface area (Å²) in [5, 5.41) is 9.84. The second-order valence-electron chi connectivity index (χ2n) is 8.29. The smallest absolute Gasteiger partial charge is 0.328 e. The van der Waals surface area contributed by atoms with Gasteiger partial charge in [0.2, 0.25) is 0 Å². The summed E-state index contributed by atoms with van der Waals surface area (Å²) in [5.41, 5.74) is 1.37. The van der Waals surface area contributed by atoms with Gasteiger partial charge in [0.05, 0.1) is 27.6 Å². The van der Waals surface area contributed by atoms with Crippen LogP contribution in [-0.4, -0.2) is 52.7 Å². The van der Waals surface area contributed by atoms with Crippen molar-refractivity contribution in [2.45, 2.75) is 12.5 Å². The van der Waals surface area contributed by atoms with E-state index >= 15 is 0 Å². The molecule has 2 aromatic heterocycles. The van der Waals surface area contributed by atoms with E-state index in [9.17, 15) is 18.8 Å². The lowest BCUT2D eigenvalue weighted by Gasteiger charge is -2.16. The summed E-state index contributed by atoms with van der Waals surface area (Å²) in [6, 6.07) is 15.3. The van der Waals surface area contributed by atoms with Gasteiger partial charge in [-0.25, -0.2) is 13.9 Å². The minimum atomic E-state index is -0.889. The fourth-order valence-electron chi connectivity index (χ4n) is 3.74. The molecule has 2 amide bonds. The molecule has 202 valence electrons. The van der Waals surface area contributed by atoms with Crippen molar-refractivity contribution < 1.29 is 23.5 Å². The molecule has 0 saturated heterocycles. The van der Waals surface area contributed by atoms with Crippen molar-refractivity contribution in [3.8, 4) is 16.3 Å². The number of thiophene rings is 1. The summed E-state index contributed by atoms with van der Waals surface area (Å²) < 4.78 is 21.4. The molecule has 4 aromatic rings. The zero-order valence-electron chi connectivity index (χ0n) is 20.9. The van der Waals surface area contributed by atoms with E-state index in [0.717, 1.165) is 17.8 Å². The largest absolute Gasteiger partial charge is 0.467 e. The minimum Gasteiger partial charge on any atom is -0.467 e. The number of para-hydroxylation sites is 1. The van der Waals surface area contributed by atoms with Crippen LogP contribution in [0.5, 0.6) is 0 Å². The van der Waals surface area contributed by atoms with Crippen LogP contribution in [0, 0.1) is 5.82 Å². The highest BCUT2D eigenvalue weighted by Crippen LogP contribution is 2.33. The van der Waals surface area contributed by atoms with Gasteiger partial charge in [-0.05, 0) is 60.9 Å². The lowest BCUT2D eigenvalue weighted by molar-refractivity contribution is -0.142. The molecular weight excluding hydrogens is 563 g/mol. The van der Waals surface area contributed by atoms with Gasteiger partial charge < -0.3 is 15.4 Å². The Labute approximate surface area is 237 Å². The van der Waals surface area contributed by atoms with E-state index in [1.165, 1.54) is 36.3 Å². The Hall–Kier alpha value is -3.67. The highest BCUT2D eigenvalue weighted by molar-refractivity contribution is 7.98. The number of benzene rings is 2. The molecule has 1 atom stereocenters. The van der Waals surface area contributed by atoms with Gasteiger partial charge >= 0.3 is 5.97 Å². The van der Waals surface area contributed by atoms with E-state index in [-0.39, 0.29) is 16.8 Å². The van der Waals surface area contributed by atoms with Crippen LogP contribution in [0.4, 0.5) is 10.1 Å². The van der Waals surface area contributed by atoms with Crippen LogP contribution in [0.3, 0.4) is 0 Å². The number of thioether (sulfide) groups is 1. The number of nitrogens with zero attached hydrogens (tertiary/aromatic N) is 2. The van der Waals surface area contributed by atoms with Crippen LogP contribution in [0.1, 0.15) is 27.1 Å². The summed E-state index contributed by atoms with van der Waals surface area (Å²) in [5.74, 6) is -1.95. The average Bonchev–Trinajstić information content (AvgIpc) is 3.57. The molecule has 2 aromatic carbocycles. The van der Waals surface area contributed by atoms with E-state index in [0.29, 0.717) is 27.1 Å². The van der Waals surface area contributed by atoms with Gasteiger partial charge in [0.25, 0.3) is 11.8 Å². The zero-order chi connectivity index (χ0) is 27.9. The van der Waals surface area contributed by atoms with Crippen molar-refractivity contribution in [2.24, 2.45) is 0 Å². The molecule has 0 bridgehead atoms. The first-order valence-corrected chi connectivity index (χ1v) is 14.3.